The van der Waals surface area contributed by atoms with E-state index in [4.69, 9.17) is 19.4 Å². The van der Waals surface area contributed by atoms with E-state index in [1.165, 1.54) is 26.9 Å². The van der Waals surface area contributed by atoms with Crippen molar-refractivity contribution in [2.24, 2.45) is 0 Å². The fraction of sp³-hybridized carbons (Fsp3) is 0. The normalized spacial score (nSPS) is 11.7. The minimum Gasteiger partial charge on any atom is -0.456 e. The SMILES string of the molecule is c1ccc(-c2nc(-c3cccc(-c4cccc5ccc6ccc7cnccc7c6c45)c3)nc(-c3cccc4oc5ccccc5c34)n2)cc1. The number of rotatable bonds is 4. The van der Waals surface area contributed by atoms with Gasteiger partial charge in [0.2, 0.25) is 0 Å². The van der Waals surface area contributed by atoms with Crippen molar-refractivity contribution in [2.75, 3.05) is 0 Å². The monoisotopic (exact) mass is 626 g/mol. The molecule has 0 saturated heterocycles. The van der Waals surface area contributed by atoms with Gasteiger partial charge in [0.25, 0.3) is 0 Å². The van der Waals surface area contributed by atoms with Gasteiger partial charge in [0.1, 0.15) is 11.2 Å². The van der Waals surface area contributed by atoms with Crippen LogP contribution < -0.4 is 0 Å². The Morgan fingerprint density at radius 1 is 0.388 bits per heavy atom. The topological polar surface area (TPSA) is 64.7 Å². The molecule has 10 aromatic rings. The van der Waals surface area contributed by atoms with Crippen LogP contribution in [-0.2, 0) is 0 Å². The molecule has 0 aliphatic carbocycles. The van der Waals surface area contributed by atoms with Crippen LogP contribution in [0.1, 0.15) is 0 Å². The second kappa shape index (κ2) is 10.9. The van der Waals surface area contributed by atoms with Crippen molar-refractivity contribution in [1.29, 1.82) is 0 Å². The average molecular weight is 627 g/mol. The Hall–Kier alpha value is -6.72. The van der Waals surface area contributed by atoms with Crippen molar-refractivity contribution < 1.29 is 4.42 Å². The third-order valence-electron chi connectivity index (χ3n) is 9.38. The summed E-state index contributed by atoms with van der Waals surface area (Å²) in [5.74, 6) is 1.83. The summed E-state index contributed by atoms with van der Waals surface area (Å²) < 4.78 is 6.23. The first-order valence-electron chi connectivity index (χ1n) is 16.3. The molecule has 10 rings (SSSR count). The highest BCUT2D eigenvalue weighted by Gasteiger charge is 2.18. The van der Waals surface area contributed by atoms with Gasteiger partial charge >= 0.3 is 0 Å². The van der Waals surface area contributed by atoms with Gasteiger partial charge in [0.15, 0.2) is 17.5 Å². The number of pyridine rings is 1. The lowest BCUT2D eigenvalue weighted by atomic mass is 9.91. The van der Waals surface area contributed by atoms with Crippen molar-refractivity contribution in [3.8, 4) is 45.3 Å². The van der Waals surface area contributed by atoms with E-state index in [1.54, 1.807) is 0 Å². The summed E-state index contributed by atoms with van der Waals surface area (Å²) in [7, 11) is 0. The molecule has 0 fully saturated rings. The molecule has 0 amide bonds. The second-order valence-corrected chi connectivity index (χ2v) is 12.3. The van der Waals surface area contributed by atoms with Crippen LogP contribution >= 0.6 is 0 Å². The van der Waals surface area contributed by atoms with E-state index in [0.717, 1.165) is 55.1 Å². The first-order chi connectivity index (χ1) is 24.3. The van der Waals surface area contributed by atoms with Crippen LogP contribution in [0.3, 0.4) is 0 Å². The summed E-state index contributed by atoms with van der Waals surface area (Å²) in [6, 6.07) is 50.2. The van der Waals surface area contributed by atoms with E-state index in [9.17, 15) is 0 Å². The van der Waals surface area contributed by atoms with Gasteiger partial charge in [-0.25, -0.2) is 15.0 Å². The highest BCUT2D eigenvalue weighted by molar-refractivity contribution is 6.24. The molecule has 228 valence electrons. The summed E-state index contributed by atoms with van der Waals surface area (Å²) in [4.78, 5) is 19.7. The van der Waals surface area contributed by atoms with Gasteiger partial charge in [0.05, 0.1) is 0 Å². The molecular weight excluding hydrogens is 601 g/mol. The number of hydrogen-bond acceptors (Lipinski definition) is 5. The lowest BCUT2D eigenvalue weighted by Crippen LogP contribution is -2.00. The molecule has 0 N–H and O–H groups in total. The highest BCUT2D eigenvalue weighted by Crippen LogP contribution is 2.40. The van der Waals surface area contributed by atoms with Crippen LogP contribution in [-0.4, -0.2) is 19.9 Å². The Morgan fingerprint density at radius 3 is 1.94 bits per heavy atom. The Kier molecular flexibility index (Phi) is 6.11. The zero-order chi connectivity index (χ0) is 32.3. The summed E-state index contributed by atoms with van der Waals surface area (Å²) in [6.07, 6.45) is 3.81. The summed E-state index contributed by atoms with van der Waals surface area (Å²) in [6.45, 7) is 0. The van der Waals surface area contributed by atoms with Crippen molar-refractivity contribution >= 4 is 54.3 Å². The fourth-order valence-corrected chi connectivity index (χ4v) is 7.14. The third kappa shape index (κ3) is 4.48. The maximum atomic E-state index is 6.23. The zero-order valence-corrected chi connectivity index (χ0v) is 26.2. The van der Waals surface area contributed by atoms with Crippen molar-refractivity contribution in [3.05, 3.63) is 158 Å². The standard InChI is InChI=1S/C44H26N4O/c1-2-9-29(10-3-1)42-46-43(48-44(47-42)36-16-8-18-38-41(36)35-14-4-5-17-37(35)49-38)31-13-6-12-30(25-31)33-15-7-11-27-19-20-28-21-22-32-26-45-24-23-34(32)40(28)39(27)33/h1-26H. The number of fused-ring (bicyclic) bond motifs is 8. The third-order valence-corrected chi connectivity index (χ3v) is 9.38. The Bertz CT molecular complexity index is 2890. The molecule has 5 nitrogen and oxygen atoms in total. The van der Waals surface area contributed by atoms with E-state index in [0.29, 0.717) is 17.5 Å². The molecule has 7 aromatic carbocycles. The predicted octanol–water partition coefficient (Wildman–Crippen LogP) is 11.3. The van der Waals surface area contributed by atoms with Gasteiger partial charge in [-0.05, 0) is 62.3 Å². The summed E-state index contributed by atoms with van der Waals surface area (Å²) >= 11 is 0. The fourth-order valence-electron chi connectivity index (χ4n) is 7.14. The van der Waals surface area contributed by atoms with Gasteiger partial charge in [-0.2, -0.15) is 0 Å². The molecule has 5 heteroatoms. The maximum Gasteiger partial charge on any atom is 0.164 e. The lowest BCUT2D eigenvalue weighted by Gasteiger charge is -2.14. The van der Waals surface area contributed by atoms with E-state index < -0.39 is 0 Å². The van der Waals surface area contributed by atoms with E-state index in [2.05, 4.69) is 89.9 Å². The molecule has 0 spiro atoms. The van der Waals surface area contributed by atoms with Gasteiger partial charge in [0, 0.05) is 45.2 Å². The lowest BCUT2D eigenvalue weighted by molar-refractivity contribution is 0.669. The van der Waals surface area contributed by atoms with E-state index in [1.807, 2.05) is 73.1 Å². The Morgan fingerprint density at radius 2 is 1.04 bits per heavy atom. The van der Waals surface area contributed by atoms with Crippen molar-refractivity contribution in [3.63, 3.8) is 0 Å². The van der Waals surface area contributed by atoms with Gasteiger partial charge < -0.3 is 4.42 Å². The Labute approximate surface area is 281 Å². The van der Waals surface area contributed by atoms with Crippen LogP contribution in [0.25, 0.3) is 99.5 Å². The molecule has 0 atom stereocenters. The average Bonchev–Trinajstić information content (AvgIpc) is 3.57. The first kappa shape index (κ1) is 27.4. The number of benzene rings is 7. The molecule has 0 radical (unpaired) electrons. The van der Waals surface area contributed by atoms with Crippen LogP contribution in [0.2, 0.25) is 0 Å². The van der Waals surface area contributed by atoms with Crippen LogP contribution in [0.5, 0.6) is 0 Å². The van der Waals surface area contributed by atoms with Gasteiger partial charge in [-0.15, -0.1) is 0 Å². The predicted molar refractivity (Wildman–Crippen MR) is 199 cm³/mol. The molecule has 0 unspecified atom stereocenters. The van der Waals surface area contributed by atoms with Crippen molar-refractivity contribution in [1.82, 2.24) is 19.9 Å². The zero-order valence-electron chi connectivity index (χ0n) is 26.2. The number of aromatic nitrogens is 4. The molecule has 3 heterocycles. The minimum absolute atomic E-state index is 0.600. The van der Waals surface area contributed by atoms with E-state index >= 15 is 0 Å². The molecule has 3 aromatic heterocycles. The van der Waals surface area contributed by atoms with Crippen molar-refractivity contribution in [2.45, 2.75) is 0 Å². The van der Waals surface area contributed by atoms with Crippen LogP contribution in [0.15, 0.2) is 162 Å². The molecular formula is C44H26N4O. The number of hydrogen-bond donors (Lipinski definition) is 0. The maximum absolute atomic E-state index is 6.23. The van der Waals surface area contributed by atoms with Gasteiger partial charge in [-0.1, -0.05) is 121 Å². The molecule has 0 saturated carbocycles. The first-order valence-corrected chi connectivity index (χ1v) is 16.3. The van der Waals surface area contributed by atoms with E-state index in [-0.39, 0.29) is 0 Å². The second-order valence-electron chi connectivity index (χ2n) is 12.3. The molecule has 0 aliphatic heterocycles. The van der Waals surface area contributed by atoms with Gasteiger partial charge in [-0.3, -0.25) is 4.98 Å². The summed E-state index contributed by atoms with van der Waals surface area (Å²) in [5, 5.41) is 9.17. The molecule has 49 heavy (non-hydrogen) atoms. The number of nitrogens with zero attached hydrogens (tertiary/aromatic N) is 4. The Balaban J connectivity index is 1.21. The molecule has 0 aliphatic rings. The number of furan rings is 1. The molecule has 0 bridgehead atoms. The number of para-hydroxylation sites is 1. The smallest absolute Gasteiger partial charge is 0.164 e. The highest BCUT2D eigenvalue weighted by atomic mass is 16.3. The summed E-state index contributed by atoms with van der Waals surface area (Å²) in [5.41, 5.74) is 6.62. The van der Waals surface area contributed by atoms with Crippen LogP contribution in [0, 0.1) is 0 Å². The quantitative estimate of drug-likeness (QED) is 0.182. The largest absolute Gasteiger partial charge is 0.456 e. The van der Waals surface area contributed by atoms with Crippen LogP contribution in [0.4, 0.5) is 0 Å². The minimum atomic E-state index is 0.600.